The summed E-state index contributed by atoms with van der Waals surface area (Å²) in [6.45, 7) is 1.49. The number of ether oxygens (including phenoxy) is 1. The van der Waals surface area contributed by atoms with Gasteiger partial charge in [-0.25, -0.2) is 18.6 Å². The Hall–Kier alpha value is -1.04. The molecule has 0 fully saturated rings. The molecule has 0 aliphatic carbocycles. The SMILES string of the molecule is COC(=O)c1ncc(C(F)F)c(C)c1Br. The van der Waals surface area contributed by atoms with Crippen LogP contribution in [-0.4, -0.2) is 18.1 Å². The molecule has 0 aromatic carbocycles. The number of esters is 1. The van der Waals surface area contributed by atoms with E-state index in [9.17, 15) is 13.6 Å². The maximum Gasteiger partial charge on any atom is 0.357 e. The Labute approximate surface area is 93.6 Å². The number of carbonyl (C=O) groups is 1. The van der Waals surface area contributed by atoms with Crippen molar-refractivity contribution in [3.05, 3.63) is 27.5 Å². The molecule has 0 aliphatic heterocycles. The van der Waals surface area contributed by atoms with E-state index in [4.69, 9.17) is 0 Å². The molecule has 82 valence electrons. The van der Waals surface area contributed by atoms with Gasteiger partial charge in [-0.05, 0) is 28.4 Å². The fraction of sp³-hybridized carbons (Fsp3) is 0.333. The smallest absolute Gasteiger partial charge is 0.357 e. The van der Waals surface area contributed by atoms with E-state index in [1.54, 1.807) is 0 Å². The van der Waals surface area contributed by atoms with E-state index < -0.39 is 12.4 Å². The first kappa shape index (κ1) is 12.0. The molecule has 1 aromatic rings. The number of hydrogen-bond donors (Lipinski definition) is 0. The van der Waals surface area contributed by atoms with Gasteiger partial charge >= 0.3 is 5.97 Å². The Morgan fingerprint density at radius 1 is 1.60 bits per heavy atom. The predicted molar refractivity (Wildman–Crippen MR) is 53.0 cm³/mol. The zero-order valence-electron chi connectivity index (χ0n) is 8.05. The first-order valence-corrected chi connectivity index (χ1v) is 4.79. The summed E-state index contributed by atoms with van der Waals surface area (Å²) in [5.41, 5.74) is 0.0920. The molecule has 0 saturated carbocycles. The standard InChI is InChI=1S/C9H8BrF2NO2/c1-4-5(8(11)12)3-13-7(6(4)10)9(14)15-2/h3,8H,1-2H3. The molecule has 1 heterocycles. The third-order valence-corrected chi connectivity index (χ3v) is 2.89. The summed E-state index contributed by atoms with van der Waals surface area (Å²) in [6, 6.07) is 0. The van der Waals surface area contributed by atoms with Gasteiger partial charge in [0.1, 0.15) is 0 Å². The third-order valence-electron chi connectivity index (χ3n) is 1.92. The van der Waals surface area contributed by atoms with Gasteiger partial charge in [-0.1, -0.05) is 0 Å². The Bertz CT molecular complexity index is 396. The van der Waals surface area contributed by atoms with Crippen LogP contribution >= 0.6 is 15.9 Å². The van der Waals surface area contributed by atoms with Gasteiger partial charge in [0, 0.05) is 11.8 Å². The molecule has 0 bridgehead atoms. The van der Waals surface area contributed by atoms with Gasteiger partial charge in [-0.2, -0.15) is 0 Å². The van der Waals surface area contributed by atoms with Crippen molar-refractivity contribution in [1.29, 1.82) is 0 Å². The second kappa shape index (κ2) is 4.65. The largest absolute Gasteiger partial charge is 0.464 e. The number of carbonyl (C=O) groups excluding carboxylic acids is 1. The van der Waals surface area contributed by atoms with Crippen LogP contribution in [-0.2, 0) is 4.74 Å². The molecule has 6 heteroatoms. The summed E-state index contributed by atoms with van der Waals surface area (Å²) < 4.78 is 29.6. The summed E-state index contributed by atoms with van der Waals surface area (Å²) >= 11 is 3.04. The quantitative estimate of drug-likeness (QED) is 0.782. The Morgan fingerprint density at radius 2 is 2.20 bits per heavy atom. The molecule has 1 aromatic heterocycles. The third kappa shape index (κ3) is 2.31. The topological polar surface area (TPSA) is 39.2 Å². The van der Waals surface area contributed by atoms with E-state index in [-0.39, 0.29) is 15.7 Å². The summed E-state index contributed by atoms with van der Waals surface area (Å²) in [5, 5.41) is 0. The zero-order chi connectivity index (χ0) is 11.6. The first-order chi connectivity index (χ1) is 6.99. The minimum atomic E-state index is -2.61. The van der Waals surface area contributed by atoms with Crippen LogP contribution in [0.2, 0.25) is 0 Å². The normalized spacial score (nSPS) is 10.5. The minimum Gasteiger partial charge on any atom is -0.464 e. The highest BCUT2D eigenvalue weighted by Gasteiger charge is 2.19. The minimum absolute atomic E-state index is 0.000556. The number of pyridine rings is 1. The van der Waals surface area contributed by atoms with Crippen LogP contribution < -0.4 is 0 Å². The van der Waals surface area contributed by atoms with Gasteiger partial charge in [-0.3, -0.25) is 0 Å². The number of halogens is 3. The van der Waals surface area contributed by atoms with Gasteiger partial charge in [0.05, 0.1) is 11.6 Å². The van der Waals surface area contributed by atoms with Crippen molar-refractivity contribution in [3.8, 4) is 0 Å². The van der Waals surface area contributed by atoms with Crippen molar-refractivity contribution in [2.24, 2.45) is 0 Å². The van der Waals surface area contributed by atoms with Crippen LogP contribution in [0.1, 0.15) is 28.0 Å². The zero-order valence-corrected chi connectivity index (χ0v) is 9.64. The molecule has 0 aliphatic rings. The number of methoxy groups -OCH3 is 1. The van der Waals surface area contributed by atoms with Crippen LogP contribution in [0.5, 0.6) is 0 Å². The fourth-order valence-corrected chi connectivity index (χ4v) is 1.54. The van der Waals surface area contributed by atoms with Crippen LogP contribution in [0.3, 0.4) is 0 Å². The van der Waals surface area contributed by atoms with Crippen molar-refractivity contribution >= 4 is 21.9 Å². The van der Waals surface area contributed by atoms with Crippen LogP contribution in [0, 0.1) is 6.92 Å². The molecule has 0 atom stereocenters. The maximum atomic E-state index is 12.4. The molecular formula is C9H8BrF2NO2. The molecule has 0 unspecified atom stereocenters. The highest BCUT2D eigenvalue weighted by atomic mass is 79.9. The van der Waals surface area contributed by atoms with Gasteiger partial charge in [0.25, 0.3) is 6.43 Å². The van der Waals surface area contributed by atoms with Crippen LogP contribution in [0.4, 0.5) is 8.78 Å². The Balaban J connectivity index is 3.27. The van der Waals surface area contributed by atoms with Crippen LogP contribution in [0.25, 0.3) is 0 Å². The summed E-state index contributed by atoms with van der Waals surface area (Å²) in [4.78, 5) is 14.8. The highest BCUT2D eigenvalue weighted by Crippen LogP contribution is 2.29. The lowest BCUT2D eigenvalue weighted by Gasteiger charge is -2.08. The average molecular weight is 280 g/mol. The molecular weight excluding hydrogens is 272 g/mol. The first-order valence-electron chi connectivity index (χ1n) is 4.00. The van der Waals surface area contributed by atoms with Crippen molar-refractivity contribution in [3.63, 3.8) is 0 Å². The van der Waals surface area contributed by atoms with Crippen molar-refractivity contribution in [2.75, 3.05) is 7.11 Å². The lowest BCUT2D eigenvalue weighted by Crippen LogP contribution is -2.08. The van der Waals surface area contributed by atoms with Crippen molar-refractivity contribution < 1.29 is 18.3 Å². The lowest BCUT2D eigenvalue weighted by molar-refractivity contribution is 0.0592. The van der Waals surface area contributed by atoms with E-state index >= 15 is 0 Å². The second-order valence-corrected chi connectivity index (χ2v) is 3.59. The summed E-state index contributed by atoms with van der Waals surface area (Å²) in [7, 11) is 1.20. The van der Waals surface area contributed by atoms with E-state index in [2.05, 4.69) is 25.7 Å². The van der Waals surface area contributed by atoms with E-state index in [0.717, 1.165) is 6.20 Å². The number of nitrogens with zero attached hydrogens (tertiary/aromatic N) is 1. The molecule has 0 amide bonds. The molecule has 0 saturated heterocycles. The molecule has 1 rings (SSSR count). The second-order valence-electron chi connectivity index (χ2n) is 2.79. The molecule has 0 N–H and O–H groups in total. The molecule has 15 heavy (non-hydrogen) atoms. The van der Waals surface area contributed by atoms with Gasteiger partial charge in [0.2, 0.25) is 0 Å². The summed E-state index contributed by atoms with van der Waals surface area (Å²) in [6.07, 6.45) is -1.63. The number of hydrogen-bond acceptors (Lipinski definition) is 3. The number of aromatic nitrogens is 1. The van der Waals surface area contributed by atoms with E-state index in [1.807, 2.05) is 0 Å². The monoisotopic (exact) mass is 279 g/mol. The van der Waals surface area contributed by atoms with Crippen molar-refractivity contribution in [2.45, 2.75) is 13.3 Å². The Kier molecular flexibility index (Phi) is 3.73. The van der Waals surface area contributed by atoms with Gasteiger partial charge < -0.3 is 4.74 Å². The molecule has 3 nitrogen and oxygen atoms in total. The van der Waals surface area contributed by atoms with Gasteiger partial charge in [-0.15, -0.1) is 0 Å². The lowest BCUT2D eigenvalue weighted by atomic mass is 10.1. The van der Waals surface area contributed by atoms with Gasteiger partial charge in [0.15, 0.2) is 5.69 Å². The molecule has 0 radical (unpaired) electrons. The van der Waals surface area contributed by atoms with Crippen molar-refractivity contribution in [1.82, 2.24) is 4.98 Å². The number of rotatable bonds is 2. The Morgan fingerprint density at radius 3 is 2.67 bits per heavy atom. The predicted octanol–water partition coefficient (Wildman–Crippen LogP) is 2.88. The highest BCUT2D eigenvalue weighted by molar-refractivity contribution is 9.10. The maximum absolute atomic E-state index is 12.4. The van der Waals surface area contributed by atoms with E-state index in [0.29, 0.717) is 5.56 Å². The van der Waals surface area contributed by atoms with E-state index in [1.165, 1.54) is 14.0 Å². The molecule has 0 spiro atoms. The summed E-state index contributed by atoms with van der Waals surface area (Å²) in [5.74, 6) is -0.661. The number of alkyl halides is 2. The van der Waals surface area contributed by atoms with Crippen LogP contribution in [0.15, 0.2) is 10.7 Å². The fourth-order valence-electron chi connectivity index (χ4n) is 1.05. The average Bonchev–Trinajstić information content (AvgIpc) is 2.20.